The van der Waals surface area contributed by atoms with Crippen LogP contribution in [0, 0.1) is 0 Å². The van der Waals surface area contributed by atoms with Crippen molar-refractivity contribution in [3.05, 3.63) is 11.8 Å². The first-order chi connectivity index (χ1) is 11.8. The van der Waals surface area contributed by atoms with Crippen molar-refractivity contribution in [1.29, 1.82) is 0 Å². The largest absolute Gasteiger partial charge is 0.472 e. The average Bonchev–Trinajstić information content (AvgIpc) is 2.42. The van der Waals surface area contributed by atoms with Gasteiger partial charge in [-0.2, -0.15) is 79.0 Å². The van der Waals surface area contributed by atoms with Crippen LogP contribution in [0.1, 0.15) is 0 Å². The molecule has 0 saturated carbocycles. The number of alkyl halides is 16. The minimum absolute atomic E-state index is 1.57. The summed E-state index contributed by atoms with van der Waals surface area (Å²) < 4.78 is 224. The first-order valence-corrected chi connectivity index (χ1v) is 5.56. The van der Waals surface area contributed by atoms with E-state index in [1.54, 1.807) is 4.74 Å². The number of rotatable bonds is 6. The summed E-state index contributed by atoms with van der Waals surface area (Å²) in [6.45, 7) is 0. The summed E-state index contributed by atoms with van der Waals surface area (Å²) in [4.78, 5) is 0. The van der Waals surface area contributed by atoms with Gasteiger partial charge in [-0.3, -0.25) is 0 Å². The summed E-state index contributed by atoms with van der Waals surface area (Å²) in [5.74, 6) is -37.6. The fourth-order valence-corrected chi connectivity index (χ4v) is 1.09. The number of hydrogen-bond donors (Lipinski definition) is 0. The maximum absolute atomic E-state index is 12.9. The van der Waals surface area contributed by atoms with E-state index in [-0.39, 0.29) is 0 Å². The summed E-state index contributed by atoms with van der Waals surface area (Å²) >= 11 is 0. The lowest BCUT2D eigenvalue weighted by atomic mass is 9.97. The van der Waals surface area contributed by atoms with Crippen LogP contribution < -0.4 is 0 Å². The molecule has 0 N–H and O–H groups in total. The zero-order chi connectivity index (χ0) is 23.4. The van der Waals surface area contributed by atoms with Crippen molar-refractivity contribution in [3.63, 3.8) is 0 Å². The van der Waals surface area contributed by atoms with Crippen LogP contribution in [0.3, 0.4) is 0 Å². The number of ether oxygens (including phenoxy) is 1. The molecule has 0 rings (SSSR count). The topological polar surface area (TPSA) is 9.23 Å². The maximum atomic E-state index is 12.9. The minimum Gasteiger partial charge on any atom is -0.399 e. The Balaban J connectivity index is 6.34. The Bertz CT molecular complexity index is 606. The molecule has 0 heterocycles. The second kappa shape index (κ2) is 6.67. The SMILES string of the molecule is FC(OC(F)(F)C(F)(F)C(F)(F)C(F)(F)C(F)(F)C(F)(F)F)=C(F)C(F)(F)F. The molecular formula is C9F18O. The van der Waals surface area contributed by atoms with Gasteiger partial charge in [0, 0.05) is 0 Å². The second-order valence-corrected chi connectivity index (χ2v) is 4.50. The normalized spacial score (nSPS) is 16.8. The highest BCUT2D eigenvalue weighted by Gasteiger charge is 2.92. The van der Waals surface area contributed by atoms with E-state index in [9.17, 15) is 79.0 Å². The minimum atomic E-state index is -8.43. The molecule has 0 aliphatic rings. The molecule has 0 amide bonds. The van der Waals surface area contributed by atoms with Gasteiger partial charge in [0.2, 0.25) is 0 Å². The predicted molar refractivity (Wildman–Crippen MR) is 47.2 cm³/mol. The summed E-state index contributed by atoms with van der Waals surface area (Å²) in [5, 5.41) is 0. The maximum Gasteiger partial charge on any atom is 0.472 e. The van der Waals surface area contributed by atoms with Crippen molar-refractivity contribution < 1.29 is 83.8 Å². The lowest BCUT2D eigenvalue weighted by Crippen LogP contribution is -2.70. The van der Waals surface area contributed by atoms with Crippen LogP contribution in [0.15, 0.2) is 11.8 Å². The Morgan fingerprint density at radius 3 is 1.07 bits per heavy atom. The first-order valence-electron chi connectivity index (χ1n) is 5.56. The predicted octanol–water partition coefficient (Wildman–Crippen LogP) is 6.37. The van der Waals surface area contributed by atoms with Crippen molar-refractivity contribution in [3.8, 4) is 0 Å². The summed E-state index contributed by atoms with van der Waals surface area (Å²) in [6, 6.07) is -4.45. The third-order valence-corrected chi connectivity index (χ3v) is 2.54. The Morgan fingerprint density at radius 2 is 0.786 bits per heavy atom. The van der Waals surface area contributed by atoms with E-state index in [1.165, 1.54) is 0 Å². The quantitative estimate of drug-likeness (QED) is 0.327. The van der Waals surface area contributed by atoms with Crippen LogP contribution in [-0.2, 0) is 4.74 Å². The zero-order valence-corrected chi connectivity index (χ0v) is 11.7. The highest BCUT2D eigenvalue weighted by Crippen LogP contribution is 2.60. The molecule has 0 aromatic rings. The second-order valence-electron chi connectivity index (χ2n) is 4.50. The molecule has 0 saturated heterocycles. The average molecular weight is 466 g/mol. The Kier molecular flexibility index (Phi) is 6.26. The van der Waals surface area contributed by atoms with Gasteiger partial charge in [0.05, 0.1) is 0 Å². The van der Waals surface area contributed by atoms with E-state index in [4.69, 9.17) is 0 Å². The van der Waals surface area contributed by atoms with Crippen LogP contribution in [0.5, 0.6) is 0 Å². The molecule has 0 bridgehead atoms. The highest BCUT2D eigenvalue weighted by molar-refractivity contribution is 5.10. The third-order valence-electron chi connectivity index (χ3n) is 2.54. The monoisotopic (exact) mass is 466 g/mol. The van der Waals surface area contributed by atoms with Crippen molar-refractivity contribution in [2.24, 2.45) is 0 Å². The van der Waals surface area contributed by atoms with Gasteiger partial charge in [0.25, 0.3) is 5.83 Å². The van der Waals surface area contributed by atoms with Crippen molar-refractivity contribution in [2.75, 3.05) is 0 Å². The van der Waals surface area contributed by atoms with Gasteiger partial charge < -0.3 is 4.74 Å². The highest BCUT2D eigenvalue weighted by atomic mass is 19.4. The van der Waals surface area contributed by atoms with Crippen molar-refractivity contribution in [1.82, 2.24) is 0 Å². The molecule has 168 valence electrons. The van der Waals surface area contributed by atoms with Crippen LogP contribution in [-0.4, -0.2) is 42.2 Å². The van der Waals surface area contributed by atoms with Gasteiger partial charge in [0.1, 0.15) is 0 Å². The van der Waals surface area contributed by atoms with E-state index >= 15 is 0 Å². The van der Waals surface area contributed by atoms with Crippen LogP contribution in [0.25, 0.3) is 0 Å². The van der Waals surface area contributed by atoms with Gasteiger partial charge in [-0.15, -0.1) is 0 Å². The summed E-state index contributed by atoms with van der Waals surface area (Å²) in [5.41, 5.74) is 0. The molecule has 0 aliphatic heterocycles. The molecule has 0 aromatic heterocycles. The van der Waals surface area contributed by atoms with Gasteiger partial charge in [-0.05, 0) is 0 Å². The van der Waals surface area contributed by atoms with Gasteiger partial charge in [-0.1, -0.05) is 0 Å². The molecule has 0 aromatic carbocycles. The molecule has 1 nitrogen and oxygen atoms in total. The zero-order valence-electron chi connectivity index (χ0n) is 11.7. The molecule has 28 heavy (non-hydrogen) atoms. The Labute approximate surface area is 139 Å². The van der Waals surface area contributed by atoms with Gasteiger partial charge in [0.15, 0.2) is 0 Å². The molecule has 0 spiro atoms. The molecule has 19 heteroatoms. The lowest BCUT2D eigenvalue weighted by Gasteiger charge is -2.38. The number of hydrogen-bond acceptors (Lipinski definition) is 1. The summed E-state index contributed by atoms with van der Waals surface area (Å²) in [6.07, 6.45) is -22.0. The van der Waals surface area contributed by atoms with E-state index in [2.05, 4.69) is 0 Å². The Hall–Kier alpha value is -1.72. The van der Waals surface area contributed by atoms with E-state index < -0.39 is 54.0 Å². The standard InChI is InChI=1S/C9F18O/c10-1(3(12,13)14)2(11)28-9(26,27)7(21,22)5(17,18)4(15,16)6(19,20)8(23,24)25. The fourth-order valence-electron chi connectivity index (χ4n) is 1.09. The molecule has 0 radical (unpaired) electrons. The molecule has 0 aliphatic carbocycles. The molecule has 0 fully saturated rings. The molecule has 0 atom stereocenters. The molecule has 0 unspecified atom stereocenters. The molecular weight excluding hydrogens is 466 g/mol. The lowest BCUT2D eigenvalue weighted by molar-refractivity contribution is -0.463. The Morgan fingerprint density at radius 1 is 0.464 bits per heavy atom. The van der Waals surface area contributed by atoms with E-state index in [1.807, 2.05) is 0 Å². The smallest absolute Gasteiger partial charge is 0.399 e. The third kappa shape index (κ3) is 3.87. The van der Waals surface area contributed by atoms with Gasteiger partial charge >= 0.3 is 48.2 Å². The van der Waals surface area contributed by atoms with Crippen molar-refractivity contribution in [2.45, 2.75) is 42.2 Å². The van der Waals surface area contributed by atoms with E-state index in [0.717, 1.165) is 0 Å². The van der Waals surface area contributed by atoms with E-state index in [0.29, 0.717) is 0 Å². The fraction of sp³-hybridized carbons (Fsp3) is 0.778. The van der Waals surface area contributed by atoms with Crippen LogP contribution in [0.4, 0.5) is 79.0 Å². The van der Waals surface area contributed by atoms with Crippen molar-refractivity contribution >= 4 is 0 Å². The van der Waals surface area contributed by atoms with Crippen LogP contribution in [0.2, 0.25) is 0 Å². The van der Waals surface area contributed by atoms with Crippen LogP contribution >= 0.6 is 0 Å². The summed E-state index contributed by atoms with van der Waals surface area (Å²) in [7, 11) is 0. The van der Waals surface area contributed by atoms with Gasteiger partial charge in [-0.25, -0.2) is 0 Å². The number of allylic oxidation sites excluding steroid dienone is 1. The number of halogens is 18. The first kappa shape index (κ1) is 26.3.